The topological polar surface area (TPSA) is 53.8 Å². The van der Waals surface area contributed by atoms with E-state index in [1.54, 1.807) is 24.3 Å². The van der Waals surface area contributed by atoms with Gasteiger partial charge in [-0.05, 0) is 50.6 Å². The van der Waals surface area contributed by atoms with Gasteiger partial charge in [0.05, 0.1) is 11.4 Å². The van der Waals surface area contributed by atoms with Crippen LogP contribution in [0.2, 0.25) is 0 Å². The van der Waals surface area contributed by atoms with Crippen molar-refractivity contribution in [1.82, 2.24) is 5.32 Å². The van der Waals surface area contributed by atoms with Crippen LogP contribution in [0.3, 0.4) is 0 Å². The summed E-state index contributed by atoms with van der Waals surface area (Å²) in [5, 5.41) is 2.81. The van der Waals surface area contributed by atoms with Gasteiger partial charge in [0.25, 0.3) is 5.91 Å². The minimum absolute atomic E-state index is 0.212. The summed E-state index contributed by atoms with van der Waals surface area (Å²) in [6.45, 7) is 12.3. The van der Waals surface area contributed by atoms with Gasteiger partial charge in [-0.3, -0.25) is 14.8 Å². The van der Waals surface area contributed by atoms with E-state index in [0.29, 0.717) is 30.9 Å². The molecule has 0 heterocycles. The number of aliphatic imine (C=N–C) groups is 2. The van der Waals surface area contributed by atoms with Crippen LogP contribution >= 0.6 is 0 Å². The normalized spacial score (nSPS) is 18.0. The molecule has 0 atom stereocenters. The standard InChI is InChI=1S/C21H26FN3O/c1-5-8-13-24-19-12-10-17(14-20(19)23-7-3)21(26)25-15-16(4)9-11-18(22)6-2/h5-6,9-12,14H,1-2,7-8,13,15H2,3-4H3,(H,25,26)/b16-9+,18-11+,23-20?,24-19?. The summed E-state index contributed by atoms with van der Waals surface area (Å²) in [4.78, 5) is 21.2. The number of nitrogens with one attached hydrogen (secondary N) is 1. The minimum Gasteiger partial charge on any atom is -0.348 e. The summed E-state index contributed by atoms with van der Waals surface area (Å²) in [5.74, 6) is -0.631. The molecule has 5 heteroatoms. The van der Waals surface area contributed by atoms with Crippen LogP contribution in [0.1, 0.15) is 20.3 Å². The van der Waals surface area contributed by atoms with Gasteiger partial charge in [0.1, 0.15) is 5.83 Å². The lowest BCUT2D eigenvalue weighted by Gasteiger charge is -2.12. The van der Waals surface area contributed by atoms with Crippen LogP contribution in [0.5, 0.6) is 0 Å². The first-order valence-corrected chi connectivity index (χ1v) is 8.55. The zero-order valence-corrected chi connectivity index (χ0v) is 15.5. The Labute approximate surface area is 155 Å². The van der Waals surface area contributed by atoms with Crippen molar-refractivity contribution in [2.75, 3.05) is 19.6 Å². The molecule has 1 rings (SSSR count). The quantitative estimate of drug-likeness (QED) is 0.288. The molecule has 0 bridgehead atoms. The van der Waals surface area contributed by atoms with E-state index in [-0.39, 0.29) is 5.91 Å². The number of hydrogen-bond acceptors (Lipinski definition) is 3. The fourth-order valence-corrected chi connectivity index (χ4v) is 2.04. The molecule has 0 aromatic heterocycles. The first kappa shape index (κ1) is 21.2. The predicted octanol–water partition coefficient (Wildman–Crippen LogP) is 4.06. The minimum atomic E-state index is -0.419. The smallest absolute Gasteiger partial charge is 0.251 e. The van der Waals surface area contributed by atoms with E-state index < -0.39 is 5.83 Å². The largest absolute Gasteiger partial charge is 0.348 e. The molecule has 0 aliphatic heterocycles. The second kappa shape index (κ2) is 11.7. The van der Waals surface area contributed by atoms with E-state index in [4.69, 9.17) is 0 Å². The highest BCUT2D eigenvalue weighted by atomic mass is 19.1. The molecule has 4 nitrogen and oxygen atoms in total. The number of rotatable bonds is 9. The van der Waals surface area contributed by atoms with Crippen LogP contribution < -0.4 is 5.32 Å². The summed E-state index contributed by atoms with van der Waals surface area (Å²) >= 11 is 0. The number of carbonyl (C=O) groups is 1. The molecule has 0 aromatic carbocycles. The van der Waals surface area contributed by atoms with Gasteiger partial charge in [0.15, 0.2) is 0 Å². The molecular weight excluding hydrogens is 329 g/mol. The lowest BCUT2D eigenvalue weighted by Crippen LogP contribution is -2.28. The molecule has 0 aromatic rings. The van der Waals surface area contributed by atoms with Crippen molar-refractivity contribution in [3.63, 3.8) is 0 Å². The van der Waals surface area contributed by atoms with Gasteiger partial charge < -0.3 is 5.32 Å². The molecule has 0 radical (unpaired) electrons. The zero-order valence-electron chi connectivity index (χ0n) is 15.5. The number of halogens is 1. The highest BCUT2D eigenvalue weighted by Gasteiger charge is 2.14. The fraction of sp³-hybridized carbons (Fsp3) is 0.286. The van der Waals surface area contributed by atoms with E-state index in [2.05, 4.69) is 28.5 Å². The van der Waals surface area contributed by atoms with Gasteiger partial charge in [-0.15, -0.1) is 6.58 Å². The molecule has 1 amide bonds. The van der Waals surface area contributed by atoms with Crippen molar-refractivity contribution < 1.29 is 9.18 Å². The fourth-order valence-electron chi connectivity index (χ4n) is 2.04. The Hall–Kier alpha value is -2.82. The van der Waals surface area contributed by atoms with E-state index in [1.807, 2.05) is 19.9 Å². The average Bonchev–Trinajstić information content (AvgIpc) is 2.65. The Balaban J connectivity index is 2.78. The first-order valence-electron chi connectivity index (χ1n) is 8.55. The molecule has 1 aliphatic carbocycles. The molecule has 0 saturated carbocycles. The number of amides is 1. The first-order chi connectivity index (χ1) is 12.5. The van der Waals surface area contributed by atoms with Crippen molar-refractivity contribution >= 4 is 17.3 Å². The zero-order chi connectivity index (χ0) is 19.4. The predicted molar refractivity (Wildman–Crippen MR) is 108 cm³/mol. The third-order valence-electron chi connectivity index (χ3n) is 3.43. The summed E-state index contributed by atoms with van der Waals surface area (Å²) in [6.07, 6.45) is 11.9. The van der Waals surface area contributed by atoms with Crippen LogP contribution in [0.4, 0.5) is 4.39 Å². The van der Waals surface area contributed by atoms with Crippen molar-refractivity contribution in [3.8, 4) is 0 Å². The van der Waals surface area contributed by atoms with Crippen LogP contribution in [-0.2, 0) is 4.79 Å². The molecule has 0 unspecified atom stereocenters. The Kier molecular flexibility index (Phi) is 9.54. The Morgan fingerprint density at radius 3 is 2.65 bits per heavy atom. The maximum Gasteiger partial charge on any atom is 0.251 e. The van der Waals surface area contributed by atoms with Crippen LogP contribution in [0.25, 0.3) is 0 Å². The highest BCUT2D eigenvalue weighted by molar-refractivity contribution is 6.52. The molecule has 1 N–H and O–H groups in total. The average molecular weight is 355 g/mol. The van der Waals surface area contributed by atoms with E-state index in [9.17, 15) is 9.18 Å². The molecule has 1 aliphatic rings. The number of nitrogens with zero attached hydrogens (tertiary/aromatic N) is 2. The number of carbonyl (C=O) groups excluding carboxylic acids is 1. The lowest BCUT2D eigenvalue weighted by molar-refractivity contribution is -0.117. The molecule has 0 fully saturated rings. The van der Waals surface area contributed by atoms with E-state index in [1.165, 1.54) is 6.08 Å². The summed E-state index contributed by atoms with van der Waals surface area (Å²) in [5.41, 5.74) is 2.81. The molecular formula is C21H26FN3O. The Morgan fingerprint density at radius 1 is 1.23 bits per heavy atom. The SMILES string of the molecule is C=CCCN=C1C=CC(C(=O)NC/C(C)=C/C=C(/F)C=C)=CC1=NCC. The summed E-state index contributed by atoms with van der Waals surface area (Å²) in [6, 6.07) is 0. The van der Waals surface area contributed by atoms with Gasteiger partial charge in [-0.1, -0.05) is 24.3 Å². The van der Waals surface area contributed by atoms with Crippen molar-refractivity contribution in [3.05, 3.63) is 72.7 Å². The highest BCUT2D eigenvalue weighted by Crippen LogP contribution is 2.09. The summed E-state index contributed by atoms with van der Waals surface area (Å²) < 4.78 is 13.0. The van der Waals surface area contributed by atoms with Gasteiger partial charge in [0, 0.05) is 25.2 Å². The van der Waals surface area contributed by atoms with Gasteiger partial charge in [0.2, 0.25) is 0 Å². The maximum atomic E-state index is 13.0. The molecule has 0 saturated heterocycles. The molecule has 138 valence electrons. The summed E-state index contributed by atoms with van der Waals surface area (Å²) in [7, 11) is 0. The number of hydrogen-bond donors (Lipinski definition) is 1. The van der Waals surface area contributed by atoms with Crippen LogP contribution in [-0.4, -0.2) is 37.0 Å². The second-order valence-corrected chi connectivity index (χ2v) is 5.59. The third-order valence-corrected chi connectivity index (χ3v) is 3.43. The Morgan fingerprint density at radius 2 is 2.00 bits per heavy atom. The molecule has 26 heavy (non-hydrogen) atoms. The van der Waals surface area contributed by atoms with Crippen molar-refractivity contribution in [2.45, 2.75) is 20.3 Å². The van der Waals surface area contributed by atoms with Gasteiger partial charge >= 0.3 is 0 Å². The van der Waals surface area contributed by atoms with Crippen LogP contribution in [0.15, 0.2) is 82.6 Å². The van der Waals surface area contributed by atoms with Gasteiger partial charge in [-0.25, -0.2) is 4.39 Å². The van der Waals surface area contributed by atoms with Crippen LogP contribution in [0, 0.1) is 0 Å². The second-order valence-electron chi connectivity index (χ2n) is 5.59. The van der Waals surface area contributed by atoms with E-state index in [0.717, 1.165) is 23.8 Å². The Bertz CT molecular complexity index is 722. The maximum absolute atomic E-state index is 13.0. The number of allylic oxidation sites excluding steroid dienone is 6. The van der Waals surface area contributed by atoms with E-state index >= 15 is 0 Å². The van der Waals surface area contributed by atoms with Gasteiger partial charge in [-0.2, -0.15) is 0 Å². The monoisotopic (exact) mass is 355 g/mol. The van der Waals surface area contributed by atoms with Crippen molar-refractivity contribution in [2.24, 2.45) is 9.98 Å². The third kappa shape index (κ3) is 7.38. The lowest BCUT2D eigenvalue weighted by atomic mass is 10.0. The molecule has 0 spiro atoms. The van der Waals surface area contributed by atoms with Crippen molar-refractivity contribution in [1.29, 1.82) is 0 Å².